The van der Waals surface area contributed by atoms with Crippen molar-refractivity contribution in [2.75, 3.05) is 26.2 Å². The summed E-state index contributed by atoms with van der Waals surface area (Å²) in [6.45, 7) is 1.60. The summed E-state index contributed by atoms with van der Waals surface area (Å²) in [7, 11) is 0. The van der Waals surface area contributed by atoms with Crippen molar-refractivity contribution in [1.82, 2.24) is 19.8 Å². The zero-order chi connectivity index (χ0) is 25.1. The molecule has 3 atom stereocenters. The SMILES string of the molecule is O=C(c1ncn([C@H]2CCCC[C@H]2O)c1-c1ccccc1)N1CCNC[C@H]1COc1cc(F)cc(F)c1. The lowest BCUT2D eigenvalue weighted by molar-refractivity contribution is 0.0552. The summed E-state index contributed by atoms with van der Waals surface area (Å²) in [6, 6.07) is 12.2. The molecule has 1 aliphatic carbocycles. The van der Waals surface area contributed by atoms with Gasteiger partial charge in [0.05, 0.1) is 30.2 Å². The van der Waals surface area contributed by atoms with Gasteiger partial charge in [-0.15, -0.1) is 0 Å². The Balaban J connectivity index is 1.44. The van der Waals surface area contributed by atoms with E-state index in [0.717, 1.165) is 49.4 Å². The van der Waals surface area contributed by atoms with Crippen LogP contribution in [0.4, 0.5) is 8.78 Å². The van der Waals surface area contributed by atoms with Gasteiger partial charge in [0.1, 0.15) is 24.0 Å². The quantitative estimate of drug-likeness (QED) is 0.543. The number of aromatic nitrogens is 2. The molecule has 3 aromatic rings. The number of hydrogen-bond donors (Lipinski definition) is 2. The molecule has 1 saturated carbocycles. The first-order chi connectivity index (χ1) is 17.5. The minimum absolute atomic E-state index is 0.0738. The van der Waals surface area contributed by atoms with Crippen molar-refractivity contribution in [3.8, 4) is 17.0 Å². The Labute approximate surface area is 208 Å². The van der Waals surface area contributed by atoms with Gasteiger partial charge >= 0.3 is 0 Å². The average molecular weight is 497 g/mol. The summed E-state index contributed by atoms with van der Waals surface area (Å²) < 4.78 is 34.8. The highest BCUT2D eigenvalue weighted by Crippen LogP contribution is 2.35. The number of carbonyl (C=O) groups excluding carboxylic acids is 1. The maximum atomic E-state index is 13.9. The fourth-order valence-corrected chi connectivity index (χ4v) is 5.18. The summed E-state index contributed by atoms with van der Waals surface area (Å²) in [5, 5.41) is 14.0. The Bertz CT molecular complexity index is 1180. The van der Waals surface area contributed by atoms with Gasteiger partial charge in [-0.1, -0.05) is 43.2 Å². The fraction of sp³-hybridized carbons (Fsp3) is 0.407. The molecule has 1 saturated heterocycles. The molecule has 2 aromatic carbocycles. The van der Waals surface area contributed by atoms with E-state index in [-0.39, 0.29) is 30.3 Å². The zero-order valence-corrected chi connectivity index (χ0v) is 19.9. The molecule has 1 aliphatic heterocycles. The number of rotatable bonds is 6. The predicted octanol–water partition coefficient (Wildman–Crippen LogP) is 3.80. The molecule has 9 heteroatoms. The Morgan fingerprint density at radius 1 is 1.11 bits per heavy atom. The van der Waals surface area contributed by atoms with Gasteiger partial charge in [0, 0.05) is 43.4 Å². The highest BCUT2D eigenvalue weighted by molar-refractivity contribution is 5.98. The molecule has 2 heterocycles. The minimum Gasteiger partial charge on any atom is -0.491 e. The van der Waals surface area contributed by atoms with Gasteiger partial charge in [-0.3, -0.25) is 4.79 Å². The first-order valence-electron chi connectivity index (χ1n) is 12.4. The monoisotopic (exact) mass is 496 g/mol. The molecule has 36 heavy (non-hydrogen) atoms. The van der Waals surface area contributed by atoms with Crippen LogP contribution >= 0.6 is 0 Å². The molecule has 0 radical (unpaired) electrons. The van der Waals surface area contributed by atoms with Crippen LogP contribution in [0.15, 0.2) is 54.9 Å². The number of imidazole rings is 1. The molecule has 2 aliphatic rings. The van der Waals surface area contributed by atoms with Crippen LogP contribution in [0.3, 0.4) is 0 Å². The molecule has 0 spiro atoms. The average Bonchev–Trinajstić information content (AvgIpc) is 3.32. The highest BCUT2D eigenvalue weighted by atomic mass is 19.1. The summed E-state index contributed by atoms with van der Waals surface area (Å²) in [4.78, 5) is 20.2. The number of halogens is 2. The standard InChI is InChI=1S/C27H30F2N4O3/c28-19-12-20(29)14-22(13-19)36-16-21-15-30-10-11-32(21)27(35)25-26(18-6-2-1-3-7-18)33(17-31-25)23-8-4-5-9-24(23)34/h1-3,6-7,12-14,17,21,23-24,30,34H,4-5,8-11,15-16H2/t21-,23-,24+/m0/s1. The maximum absolute atomic E-state index is 13.9. The van der Waals surface area contributed by atoms with Gasteiger partial charge in [-0.25, -0.2) is 13.8 Å². The molecular weight excluding hydrogens is 466 g/mol. The topological polar surface area (TPSA) is 79.6 Å². The number of aliphatic hydroxyl groups excluding tert-OH is 1. The number of amides is 1. The lowest BCUT2D eigenvalue weighted by atomic mass is 9.92. The second-order valence-corrected chi connectivity index (χ2v) is 9.41. The molecule has 2 N–H and O–H groups in total. The van der Waals surface area contributed by atoms with Gasteiger partial charge < -0.3 is 24.6 Å². The van der Waals surface area contributed by atoms with Crippen LogP contribution in [0, 0.1) is 11.6 Å². The Morgan fingerprint density at radius 3 is 2.61 bits per heavy atom. The molecule has 0 bridgehead atoms. The van der Waals surface area contributed by atoms with E-state index >= 15 is 0 Å². The Morgan fingerprint density at radius 2 is 1.86 bits per heavy atom. The van der Waals surface area contributed by atoms with Crippen molar-refractivity contribution < 1.29 is 23.4 Å². The van der Waals surface area contributed by atoms with Crippen LogP contribution in [0.2, 0.25) is 0 Å². The van der Waals surface area contributed by atoms with Crippen molar-refractivity contribution in [2.45, 2.75) is 43.9 Å². The number of hydrogen-bond acceptors (Lipinski definition) is 5. The third-order valence-electron chi connectivity index (χ3n) is 6.98. The van der Waals surface area contributed by atoms with Crippen molar-refractivity contribution in [3.63, 3.8) is 0 Å². The number of carbonyl (C=O) groups is 1. The first kappa shape index (κ1) is 24.4. The molecule has 7 nitrogen and oxygen atoms in total. The normalized spacial score (nSPS) is 22.4. The van der Waals surface area contributed by atoms with E-state index in [4.69, 9.17) is 4.74 Å². The van der Waals surface area contributed by atoms with Gasteiger partial charge in [0.2, 0.25) is 0 Å². The van der Waals surface area contributed by atoms with E-state index in [1.54, 1.807) is 11.2 Å². The van der Waals surface area contributed by atoms with Crippen LogP contribution in [0.5, 0.6) is 5.75 Å². The van der Waals surface area contributed by atoms with E-state index in [0.29, 0.717) is 31.0 Å². The number of piperazine rings is 1. The second-order valence-electron chi connectivity index (χ2n) is 9.41. The van der Waals surface area contributed by atoms with Crippen LogP contribution in [-0.4, -0.2) is 63.9 Å². The number of benzene rings is 2. The molecule has 5 rings (SSSR count). The van der Waals surface area contributed by atoms with Crippen LogP contribution in [0.1, 0.15) is 42.2 Å². The molecule has 2 fully saturated rings. The molecule has 1 amide bonds. The van der Waals surface area contributed by atoms with Crippen molar-refractivity contribution in [3.05, 3.63) is 72.2 Å². The van der Waals surface area contributed by atoms with E-state index in [1.807, 2.05) is 34.9 Å². The molecule has 190 valence electrons. The number of aliphatic hydroxyl groups is 1. The third kappa shape index (κ3) is 5.12. The summed E-state index contributed by atoms with van der Waals surface area (Å²) in [6.07, 6.45) is 4.70. The Kier molecular flexibility index (Phi) is 7.29. The lowest BCUT2D eigenvalue weighted by Gasteiger charge is -2.36. The van der Waals surface area contributed by atoms with Crippen LogP contribution in [-0.2, 0) is 0 Å². The van der Waals surface area contributed by atoms with Crippen molar-refractivity contribution in [1.29, 1.82) is 0 Å². The van der Waals surface area contributed by atoms with E-state index in [2.05, 4.69) is 10.3 Å². The van der Waals surface area contributed by atoms with Crippen LogP contribution < -0.4 is 10.1 Å². The first-order valence-corrected chi connectivity index (χ1v) is 12.4. The smallest absolute Gasteiger partial charge is 0.275 e. The maximum Gasteiger partial charge on any atom is 0.275 e. The predicted molar refractivity (Wildman–Crippen MR) is 131 cm³/mol. The third-order valence-corrected chi connectivity index (χ3v) is 6.98. The fourth-order valence-electron chi connectivity index (χ4n) is 5.18. The highest BCUT2D eigenvalue weighted by Gasteiger charge is 2.34. The number of nitrogens with zero attached hydrogens (tertiary/aromatic N) is 3. The number of ether oxygens (including phenoxy) is 1. The Hall–Kier alpha value is -3.30. The summed E-state index contributed by atoms with van der Waals surface area (Å²) in [5.41, 5.74) is 1.87. The van der Waals surface area contributed by atoms with E-state index in [1.165, 1.54) is 0 Å². The summed E-state index contributed by atoms with van der Waals surface area (Å²) >= 11 is 0. The molecule has 1 aromatic heterocycles. The van der Waals surface area contributed by atoms with Crippen molar-refractivity contribution >= 4 is 5.91 Å². The minimum atomic E-state index is -0.720. The second kappa shape index (κ2) is 10.8. The zero-order valence-electron chi connectivity index (χ0n) is 19.9. The van der Waals surface area contributed by atoms with E-state index in [9.17, 15) is 18.7 Å². The van der Waals surface area contributed by atoms with Gasteiger partial charge in [-0.05, 0) is 12.8 Å². The lowest BCUT2D eigenvalue weighted by Crippen LogP contribution is -2.56. The van der Waals surface area contributed by atoms with Gasteiger partial charge in [0.15, 0.2) is 5.69 Å². The van der Waals surface area contributed by atoms with Crippen LogP contribution in [0.25, 0.3) is 11.3 Å². The van der Waals surface area contributed by atoms with Gasteiger partial charge in [-0.2, -0.15) is 0 Å². The number of nitrogens with one attached hydrogen (secondary N) is 1. The van der Waals surface area contributed by atoms with Gasteiger partial charge in [0.25, 0.3) is 5.91 Å². The van der Waals surface area contributed by atoms with E-state index < -0.39 is 17.7 Å². The molecular formula is C27H30F2N4O3. The molecule has 0 unspecified atom stereocenters. The largest absolute Gasteiger partial charge is 0.491 e. The van der Waals surface area contributed by atoms with Crippen molar-refractivity contribution in [2.24, 2.45) is 0 Å². The summed E-state index contributed by atoms with van der Waals surface area (Å²) in [5.74, 6) is -1.60.